The van der Waals surface area contributed by atoms with E-state index < -0.39 is 0 Å². The molecule has 0 amide bonds. The van der Waals surface area contributed by atoms with E-state index >= 15 is 0 Å². The van der Waals surface area contributed by atoms with Crippen LogP contribution in [0.25, 0.3) is 10.8 Å². The molecule has 2 N–H and O–H groups in total. The number of anilines is 1. The summed E-state index contributed by atoms with van der Waals surface area (Å²) in [5, 5.41) is 4.83. The maximum absolute atomic E-state index is 11.9. The molecule has 0 bridgehead atoms. The van der Waals surface area contributed by atoms with Crippen LogP contribution in [0.1, 0.15) is 4.88 Å². The molecule has 0 atom stereocenters. The van der Waals surface area contributed by atoms with E-state index in [0.29, 0.717) is 17.7 Å². The highest BCUT2D eigenvalue weighted by Crippen LogP contribution is 2.22. The average molecular weight is 291 g/mol. The fourth-order valence-electron chi connectivity index (χ4n) is 1.94. The number of halogens is 1. The Morgan fingerprint density at radius 3 is 2.84 bits per heavy atom. The first-order chi connectivity index (χ1) is 9.22. The zero-order chi connectivity index (χ0) is 13.2. The number of benzene rings is 1. The number of thiophene rings is 1. The van der Waals surface area contributed by atoms with Crippen molar-refractivity contribution in [1.82, 2.24) is 4.98 Å². The molecule has 19 heavy (non-hydrogen) atoms. The van der Waals surface area contributed by atoms with Crippen LogP contribution in [-0.4, -0.2) is 4.98 Å². The largest absolute Gasteiger partial charge is 0.367 e. The van der Waals surface area contributed by atoms with E-state index in [4.69, 9.17) is 11.6 Å². The van der Waals surface area contributed by atoms with E-state index in [-0.39, 0.29) is 5.56 Å². The maximum Gasteiger partial charge on any atom is 0.257 e. The Morgan fingerprint density at radius 1 is 1.21 bits per heavy atom. The molecule has 96 valence electrons. The number of nitrogens with one attached hydrogen (secondary N) is 2. The van der Waals surface area contributed by atoms with Gasteiger partial charge < -0.3 is 10.3 Å². The van der Waals surface area contributed by atoms with Gasteiger partial charge in [-0.05, 0) is 29.7 Å². The van der Waals surface area contributed by atoms with Crippen LogP contribution < -0.4 is 10.9 Å². The fourth-order valence-corrected chi connectivity index (χ4v) is 2.96. The van der Waals surface area contributed by atoms with Crippen molar-refractivity contribution in [1.29, 1.82) is 0 Å². The van der Waals surface area contributed by atoms with E-state index in [1.54, 1.807) is 0 Å². The fraction of sp³-hybridized carbons (Fsp3) is 0.0714. The van der Waals surface area contributed by atoms with Gasteiger partial charge in [-0.15, -0.1) is 11.3 Å². The third kappa shape index (κ3) is 2.64. The smallest absolute Gasteiger partial charge is 0.257 e. The second-order valence-electron chi connectivity index (χ2n) is 4.16. The highest BCUT2D eigenvalue weighted by Gasteiger charge is 2.02. The van der Waals surface area contributed by atoms with Crippen LogP contribution in [0.5, 0.6) is 0 Å². The van der Waals surface area contributed by atoms with Gasteiger partial charge in [0.2, 0.25) is 0 Å². The van der Waals surface area contributed by atoms with Crippen LogP contribution in [0, 0.1) is 0 Å². The topological polar surface area (TPSA) is 44.9 Å². The lowest BCUT2D eigenvalue weighted by atomic mass is 10.2. The first-order valence-electron chi connectivity index (χ1n) is 5.82. The highest BCUT2D eigenvalue weighted by atomic mass is 35.5. The third-order valence-corrected chi connectivity index (χ3v) is 4.07. The molecule has 5 heteroatoms. The van der Waals surface area contributed by atoms with Gasteiger partial charge in [-0.3, -0.25) is 4.79 Å². The number of pyridine rings is 1. The van der Waals surface area contributed by atoms with Crippen LogP contribution >= 0.6 is 22.9 Å². The molecule has 3 rings (SSSR count). The van der Waals surface area contributed by atoms with Crippen LogP contribution in [-0.2, 0) is 6.54 Å². The standard InChI is InChI=1S/C14H11ClN2OS/c15-12-6-5-10(19-12)8-16-13-7-9-3-1-2-4-11(9)14(18)17-13/h1-7H,8H2,(H2,16,17,18). The molecule has 3 nitrogen and oxygen atoms in total. The van der Waals surface area contributed by atoms with Gasteiger partial charge in [0, 0.05) is 10.3 Å². The van der Waals surface area contributed by atoms with E-state index in [2.05, 4.69) is 10.3 Å². The summed E-state index contributed by atoms with van der Waals surface area (Å²) in [6.45, 7) is 0.645. The Kier molecular flexibility index (Phi) is 3.27. The molecule has 2 aromatic heterocycles. The van der Waals surface area contributed by atoms with E-state index in [1.807, 2.05) is 42.5 Å². The predicted molar refractivity (Wildman–Crippen MR) is 81.2 cm³/mol. The van der Waals surface area contributed by atoms with Crippen LogP contribution in [0.15, 0.2) is 47.3 Å². The molecule has 1 aromatic carbocycles. The third-order valence-electron chi connectivity index (χ3n) is 2.84. The Bertz CT molecular complexity index is 778. The van der Waals surface area contributed by atoms with Gasteiger partial charge in [-0.2, -0.15) is 0 Å². The molecule has 0 aliphatic heterocycles. The van der Waals surface area contributed by atoms with Crippen molar-refractivity contribution in [3.8, 4) is 0 Å². The molecule has 0 aliphatic rings. The number of rotatable bonds is 3. The van der Waals surface area contributed by atoms with Gasteiger partial charge in [0.1, 0.15) is 5.82 Å². The Balaban J connectivity index is 1.87. The molecule has 0 aliphatic carbocycles. The number of hydrogen-bond acceptors (Lipinski definition) is 3. The molecule has 0 fully saturated rings. The molecular formula is C14H11ClN2OS. The van der Waals surface area contributed by atoms with Crippen molar-refractivity contribution in [3.05, 3.63) is 62.0 Å². The maximum atomic E-state index is 11.9. The summed E-state index contributed by atoms with van der Waals surface area (Å²) in [6.07, 6.45) is 0. The van der Waals surface area contributed by atoms with Gasteiger partial charge in [0.05, 0.1) is 10.9 Å². The summed E-state index contributed by atoms with van der Waals surface area (Å²) in [5.74, 6) is 0.716. The molecule has 2 heterocycles. The van der Waals surface area contributed by atoms with E-state index in [1.165, 1.54) is 11.3 Å². The first-order valence-corrected chi connectivity index (χ1v) is 7.02. The Morgan fingerprint density at radius 2 is 2.05 bits per heavy atom. The number of fused-ring (bicyclic) bond motifs is 1. The zero-order valence-corrected chi connectivity index (χ0v) is 11.5. The quantitative estimate of drug-likeness (QED) is 0.769. The number of hydrogen-bond donors (Lipinski definition) is 2. The monoisotopic (exact) mass is 290 g/mol. The minimum absolute atomic E-state index is 0.0789. The SMILES string of the molecule is O=c1[nH]c(NCc2ccc(Cl)s2)cc2ccccc12. The lowest BCUT2D eigenvalue weighted by Gasteiger charge is -2.06. The van der Waals surface area contributed by atoms with Crippen LogP contribution in [0.2, 0.25) is 4.34 Å². The van der Waals surface area contributed by atoms with E-state index in [0.717, 1.165) is 14.6 Å². The average Bonchev–Trinajstić information content (AvgIpc) is 2.82. The van der Waals surface area contributed by atoms with Gasteiger partial charge in [-0.1, -0.05) is 29.8 Å². The summed E-state index contributed by atoms with van der Waals surface area (Å²) in [6, 6.07) is 13.3. The van der Waals surface area contributed by atoms with Gasteiger partial charge in [-0.25, -0.2) is 0 Å². The zero-order valence-electron chi connectivity index (χ0n) is 9.94. The number of aromatic amines is 1. The van der Waals surface area contributed by atoms with Crippen molar-refractivity contribution in [2.75, 3.05) is 5.32 Å². The molecule has 0 saturated heterocycles. The lowest BCUT2D eigenvalue weighted by molar-refractivity contribution is 1.13. The molecule has 0 spiro atoms. The highest BCUT2D eigenvalue weighted by molar-refractivity contribution is 7.16. The van der Waals surface area contributed by atoms with E-state index in [9.17, 15) is 4.79 Å². The second kappa shape index (κ2) is 5.07. The van der Waals surface area contributed by atoms with Gasteiger partial charge in [0.15, 0.2) is 0 Å². The summed E-state index contributed by atoms with van der Waals surface area (Å²) in [5.41, 5.74) is -0.0789. The number of aromatic nitrogens is 1. The molecule has 0 unspecified atom stereocenters. The minimum Gasteiger partial charge on any atom is -0.367 e. The molecule has 0 radical (unpaired) electrons. The number of H-pyrrole nitrogens is 1. The Hall–Kier alpha value is -1.78. The van der Waals surface area contributed by atoms with Crippen molar-refractivity contribution in [2.24, 2.45) is 0 Å². The van der Waals surface area contributed by atoms with Gasteiger partial charge in [0.25, 0.3) is 5.56 Å². The molecule has 3 aromatic rings. The normalized spacial score (nSPS) is 10.8. The van der Waals surface area contributed by atoms with Crippen molar-refractivity contribution in [3.63, 3.8) is 0 Å². The lowest BCUT2D eigenvalue weighted by Crippen LogP contribution is -2.10. The summed E-state index contributed by atoms with van der Waals surface area (Å²) in [4.78, 5) is 15.9. The van der Waals surface area contributed by atoms with Crippen molar-refractivity contribution < 1.29 is 0 Å². The Labute approximate surface area is 118 Å². The van der Waals surface area contributed by atoms with Crippen LogP contribution in [0.4, 0.5) is 5.82 Å². The van der Waals surface area contributed by atoms with Gasteiger partial charge >= 0.3 is 0 Å². The van der Waals surface area contributed by atoms with Crippen LogP contribution in [0.3, 0.4) is 0 Å². The van der Waals surface area contributed by atoms with Crippen molar-refractivity contribution in [2.45, 2.75) is 6.54 Å². The summed E-state index contributed by atoms with van der Waals surface area (Å²) in [7, 11) is 0. The summed E-state index contributed by atoms with van der Waals surface area (Å²) < 4.78 is 0.767. The van der Waals surface area contributed by atoms with Crippen molar-refractivity contribution >= 4 is 39.5 Å². The minimum atomic E-state index is -0.0789. The molecular weight excluding hydrogens is 280 g/mol. The first kappa shape index (κ1) is 12.3. The molecule has 0 saturated carbocycles. The second-order valence-corrected chi connectivity index (χ2v) is 5.96. The summed E-state index contributed by atoms with van der Waals surface area (Å²) >= 11 is 7.40. The predicted octanol–water partition coefficient (Wildman–Crippen LogP) is 3.86.